The van der Waals surface area contributed by atoms with Crippen LogP contribution in [0.5, 0.6) is 0 Å². The van der Waals surface area contributed by atoms with Crippen LogP contribution in [0.2, 0.25) is 0 Å². The van der Waals surface area contributed by atoms with Crippen LogP contribution in [-0.2, 0) is 9.59 Å². The van der Waals surface area contributed by atoms with Gasteiger partial charge < -0.3 is 9.73 Å². The first-order valence-corrected chi connectivity index (χ1v) is 4.87. The molecule has 6 heteroatoms. The first-order chi connectivity index (χ1) is 7.29. The van der Waals surface area contributed by atoms with Crippen LogP contribution in [0.15, 0.2) is 32.7 Å². The third-order valence-electron chi connectivity index (χ3n) is 1.64. The van der Waals surface area contributed by atoms with Gasteiger partial charge in [0.15, 0.2) is 5.17 Å². The maximum Gasteiger partial charge on any atom is 0.264 e. The number of carbonyl (C=O) groups excluding carboxylic acids is 2. The predicted molar refractivity (Wildman–Crippen MR) is 55.9 cm³/mol. The Balaban J connectivity index is 2.22. The van der Waals surface area contributed by atoms with Gasteiger partial charge in [0.05, 0.1) is 11.2 Å². The van der Waals surface area contributed by atoms with Crippen LogP contribution < -0.4 is 5.32 Å². The van der Waals surface area contributed by atoms with Crippen molar-refractivity contribution in [3.05, 3.63) is 29.1 Å². The SMILES string of the molecule is O=CN=C1NC(=O)/C(=C\c2ccco2)S1. The molecular weight excluding hydrogens is 216 g/mol. The van der Waals surface area contributed by atoms with E-state index in [0.29, 0.717) is 17.1 Å². The number of amides is 2. The van der Waals surface area contributed by atoms with Gasteiger partial charge in [0.1, 0.15) is 5.76 Å². The molecule has 0 radical (unpaired) electrons. The highest BCUT2D eigenvalue weighted by molar-refractivity contribution is 8.18. The van der Waals surface area contributed by atoms with Gasteiger partial charge in [-0.2, -0.15) is 4.99 Å². The van der Waals surface area contributed by atoms with Crippen molar-refractivity contribution in [2.75, 3.05) is 0 Å². The summed E-state index contributed by atoms with van der Waals surface area (Å²) >= 11 is 1.10. The molecule has 5 nitrogen and oxygen atoms in total. The molecule has 1 aromatic heterocycles. The number of carbonyl (C=O) groups is 2. The van der Waals surface area contributed by atoms with Gasteiger partial charge in [-0.15, -0.1) is 0 Å². The number of rotatable bonds is 2. The molecule has 0 aliphatic carbocycles. The summed E-state index contributed by atoms with van der Waals surface area (Å²) in [5.41, 5.74) is 0. The van der Waals surface area contributed by atoms with E-state index in [1.54, 1.807) is 18.2 Å². The van der Waals surface area contributed by atoms with Crippen LogP contribution in [0.25, 0.3) is 6.08 Å². The number of amidine groups is 1. The lowest BCUT2D eigenvalue weighted by Crippen LogP contribution is -2.19. The number of hydrogen-bond acceptors (Lipinski definition) is 4. The zero-order valence-corrected chi connectivity index (χ0v) is 8.28. The maximum atomic E-state index is 11.3. The predicted octanol–water partition coefficient (Wildman–Crippen LogP) is 0.996. The molecule has 0 atom stereocenters. The second-order valence-corrected chi connectivity index (χ2v) is 3.65. The molecule has 0 spiro atoms. The maximum absolute atomic E-state index is 11.3. The molecule has 1 fully saturated rings. The van der Waals surface area contributed by atoms with E-state index in [1.807, 2.05) is 0 Å². The summed E-state index contributed by atoms with van der Waals surface area (Å²) in [7, 11) is 0. The van der Waals surface area contributed by atoms with Gasteiger partial charge in [0.2, 0.25) is 6.41 Å². The van der Waals surface area contributed by atoms with Gasteiger partial charge in [0.25, 0.3) is 5.91 Å². The van der Waals surface area contributed by atoms with Gasteiger partial charge in [-0.25, -0.2) is 0 Å². The van der Waals surface area contributed by atoms with E-state index in [4.69, 9.17) is 4.42 Å². The zero-order valence-electron chi connectivity index (χ0n) is 7.47. The van der Waals surface area contributed by atoms with E-state index < -0.39 is 0 Å². The van der Waals surface area contributed by atoms with E-state index in [0.717, 1.165) is 11.8 Å². The summed E-state index contributed by atoms with van der Waals surface area (Å²) in [6, 6.07) is 3.46. The van der Waals surface area contributed by atoms with Crippen molar-refractivity contribution in [3.63, 3.8) is 0 Å². The smallest absolute Gasteiger partial charge is 0.264 e. The number of nitrogens with one attached hydrogen (secondary N) is 1. The van der Waals surface area contributed by atoms with Crippen LogP contribution >= 0.6 is 11.8 Å². The van der Waals surface area contributed by atoms with Crippen molar-refractivity contribution >= 4 is 35.3 Å². The van der Waals surface area contributed by atoms with E-state index in [2.05, 4.69) is 10.3 Å². The normalized spacial score (nSPS) is 20.9. The molecule has 2 heterocycles. The van der Waals surface area contributed by atoms with Gasteiger partial charge in [-0.3, -0.25) is 9.59 Å². The number of thioether (sulfide) groups is 1. The van der Waals surface area contributed by atoms with Gasteiger partial charge >= 0.3 is 0 Å². The second-order valence-electron chi connectivity index (χ2n) is 2.62. The first-order valence-electron chi connectivity index (χ1n) is 4.05. The summed E-state index contributed by atoms with van der Waals surface area (Å²) in [5, 5.41) is 2.74. The van der Waals surface area contributed by atoms with Crippen molar-refractivity contribution in [2.45, 2.75) is 0 Å². The highest BCUT2D eigenvalue weighted by Crippen LogP contribution is 2.25. The minimum absolute atomic E-state index is 0.281. The molecule has 1 aromatic rings. The Labute approximate surface area is 89.2 Å². The summed E-state index contributed by atoms with van der Waals surface area (Å²) in [6.45, 7) is 0. The highest BCUT2D eigenvalue weighted by Gasteiger charge is 2.23. The molecule has 1 aliphatic rings. The van der Waals surface area contributed by atoms with Crippen LogP contribution in [-0.4, -0.2) is 17.5 Å². The molecule has 1 saturated heterocycles. The van der Waals surface area contributed by atoms with Gasteiger partial charge in [-0.05, 0) is 23.9 Å². The Morgan fingerprint density at radius 3 is 3.07 bits per heavy atom. The van der Waals surface area contributed by atoms with E-state index >= 15 is 0 Å². The number of aliphatic imine (C=N–C) groups is 1. The Kier molecular flexibility index (Phi) is 2.68. The van der Waals surface area contributed by atoms with E-state index in [1.165, 1.54) is 6.26 Å². The quantitative estimate of drug-likeness (QED) is 0.598. The largest absolute Gasteiger partial charge is 0.465 e. The monoisotopic (exact) mass is 222 g/mol. The zero-order chi connectivity index (χ0) is 10.7. The average Bonchev–Trinajstić information content (AvgIpc) is 2.79. The Bertz CT molecular complexity index is 448. The van der Waals surface area contributed by atoms with Crippen LogP contribution in [0.1, 0.15) is 5.76 Å². The Morgan fingerprint density at radius 2 is 2.40 bits per heavy atom. The molecule has 76 valence electrons. The van der Waals surface area contributed by atoms with Crippen molar-refractivity contribution < 1.29 is 14.0 Å². The lowest BCUT2D eigenvalue weighted by molar-refractivity contribution is -0.115. The Hall–Kier alpha value is -1.82. The number of furan rings is 1. The molecule has 0 unspecified atom stereocenters. The fourth-order valence-electron chi connectivity index (χ4n) is 1.04. The standard InChI is InChI=1S/C9H6N2O3S/c12-5-10-9-11-8(13)7(15-9)4-6-2-1-3-14-6/h1-5H,(H,10,11,12,13)/b7-4+. The van der Waals surface area contributed by atoms with Crippen molar-refractivity contribution in [2.24, 2.45) is 4.99 Å². The van der Waals surface area contributed by atoms with Crippen molar-refractivity contribution in [1.29, 1.82) is 0 Å². The lowest BCUT2D eigenvalue weighted by Gasteiger charge is -1.87. The van der Waals surface area contributed by atoms with Crippen LogP contribution in [0.4, 0.5) is 0 Å². The molecule has 1 N–H and O–H groups in total. The average molecular weight is 222 g/mol. The lowest BCUT2D eigenvalue weighted by atomic mass is 10.4. The summed E-state index contributed by atoms with van der Waals surface area (Å²) in [6.07, 6.45) is 3.50. The third-order valence-corrected chi connectivity index (χ3v) is 2.56. The molecule has 0 aromatic carbocycles. The second kappa shape index (κ2) is 4.14. The Morgan fingerprint density at radius 1 is 1.53 bits per heavy atom. The van der Waals surface area contributed by atoms with Crippen LogP contribution in [0.3, 0.4) is 0 Å². The molecule has 15 heavy (non-hydrogen) atoms. The highest BCUT2D eigenvalue weighted by atomic mass is 32.2. The van der Waals surface area contributed by atoms with Crippen molar-refractivity contribution in [3.8, 4) is 0 Å². The van der Waals surface area contributed by atoms with Crippen LogP contribution in [0, 0.1) is 0 Å². The fraction of sp³-hybridized carbons (Fsp3) is 0. The summed E-state index contributed by atoms with van der Waals surface area (Å²) < 4.78 is 5.06. The molecule has 1 aliphatic heterocycles. The molecular formula is C9H6N2O3S. The number of hydrogen-bond donors (Lipinski definition) is 1. The van der Waals surface area contributed by atoms with Crippen molar-refractivity contribution in [1.82, 2.24) is 5.32 Å². The molecule has 0 bridgehead atoms. The third kappa shape index (κ3) is 2.16. The molecule has 2 amide bonds. The van der Waals surface area contributed by atoms with E-state index in [-0.39, 0.29) is 11.1 Å². The van der Waals surface area contributed by atoms with E-state index in [9.17, 15) is 9.59 Å². The minimum Gasteiger partial charge on any atom is -0.465 e. The first kappa shape index (κ1) is 9.72. The van der Waals surface area contributed by atoms with Gasteiger partial charge in [-0.1, -0.05) is 0 Å². The fourth-order valence-corrected chi connectivity index (χ4v) is 1.81. The molecule has 0 saturated carbocycles. The van der Waals surface area contributed by atoms with Gasteiger partial charge in [0, 0.05) is 6.08 Å². The topological polar surface area (TPSA) is 71.7 Å². The number of nitrogens with zero attached hydrogens (tertiary/aromatic N) is 1. The minimum atomic E-state index is -0.281. The summed E-state index contributed by atoms with van der Waals surface area (Å²) in [4.78, 5) is 25.3. The summed E-state index contributed by atoms with van der Waals surface area (Å²) in [5.74, 6) is 0.303. The molecule has 2 rings (SSSR count).